The van der Waals surface area contributed by atoms with Gasteiger partial charge >= 0.3 is 0 Å². The van der Waals surface area contributed by atoms with Crippen molar-refractivity contribution in [2.45, 2.75) is 13.0 Å². The molecule has 0 radical (unpaired) electrons. The first kappa shape index (κ1) is 16.1. The van der Waals surface area contributed by atoms with Crippen LogP contribution in [0.25, 0.3) is 0 Å². The zero-order valence-corrected chi connectivity index (χ0v) is 13.7. The third-order valence-corrected chi connectivity index (χ3v) is 3.50. The molecule has 0 amide bonds. The van der Waals surface area contributed by atoms with Crippen molar-refractivity contribution in [3.8, 4) is 11.5 Å². The van der Waals surface area contributed by atoms with E-state index in [-0.39, 0.29) is 6.04 Å². The summed E-state index contributed by atoms with van der Waals surface area (Å²) >= 11 is 5.36. The second-order valence-corrected chi connectivity index (χ2v) is 5.20. The molecule has 1 unspecified atom stereocenters. The molecule has 1 atom stereocenters. The van der Waals surface area contributed by atoms with Gasteiger partial charge in [-0.05, 0) is 49.5 Å². The number of anilines is 1. The van der Waals surface area contributed by atoms with Crippen molar-refractivity contribution in [1.82, 2.24) is 5.32 Å². The molecule has 0 saturated heterocycles. The highest BCUT2D eigenvalue weighted by atomic mass is 32.1. The number of hydrogen-bond acceptors (Lipinski definition) is 3. The summed E-state index contributed by atoms with van der Waals surface area (Å²) in [6.45, 7) is 2.02. The van der Waals surface area contributed by atoms with Crippen LogP contribution in [0.3, 0.4) is 0 Å². The summed E-state index contributed by atoms with van der Waals surface area (Å²) in [5.74, 6) is 1.58. The van der Waals surface area contributed by atoms with Crippen LogP contribution in [0.2, 0.25) is 0 Å². The first-order valence-corrected chi connectivity index (χ1v) is 7.39. The number of hydrogen-bond donors (Lipinski definition) is 2. The second kappa shape index (κ2) is 7.66. The Bertz CT molecular complexity index is 632. The molecule has 0 bridgehead atoms. The molecule has 2 aromatic carbocycles. The zero-order valence-electron chi connectivity index (χ0n) is 12.9. The van der Waals surface area contributed by atoms with Gasteiger partial charge in [0.05, 0.1) is 20.3 Å². The van der Waals surface area contributed by atoms with Crippen LogP contribution in [0.15, 0.2) is 48.5 Å². The van der Waals surface area contributed by atoms with Crippen molar-refractivity contribution < 1.29 is 9.47 Å². The fraction of sp³-hybridized carbons (Fsp3) is 0.235. The number of para-hydroxylation sites is 1. The fourth-order valence-corrected chi connectivity index (χ4v) is 2.44. The van der Waals surface area contributed by atoms with E-state index in [0.29, 0.717) is 5.11 Å². The minimum absolute atomic E-state index is 0.0197. The van der Waals surface area contributed by atoms with Crippen LogP contribution in [0.1, 0.15) is 18.5 Å². The average molecular weight is 316 g/mol. The van der Waals surface area contributed by atoms with E-state index >= 15 is 0 Å². The molecule has 0 saturated carbocycles. The second-order valence-electron chi connectivity index (χ2n) is 4.79. The number of thiocarbonyl (C=S) groups is 1. The van der Waals surface area contributed by atoms with E-state index in [1.165, 1.54) is 0 Å². The number of methoxy groups -OCH3 is 2. The minimum Gasteiger partial charge on any atom is -0.497 e. The average Bonchev–Trinajstić information content (AvgIpc) is 2.54. The molecule has 2 aromatic rings. The van der Waals surface area contributed by atoms with E-state index in [4.69, 9.17) is 21.7 Å². The van der Waals surface area contributed by atoms with Gasteiger partial charge in [0, 0.05) is 11.3 Å². The summed E-state index contributed by atoms with van der Waals surface area (Å²) in [4.78, 5) is 0. The summed E-state index contributed by atoms with van der Waals surface area (Å²) in [7, 11) is 3.30. The van der Waals surface area contributed by atoms with Gasteiger partial charge in [-0.2, -0.15) is 0 Å². The van der Waals surface area contributed by atoms with Gasteiger partial charge in [-0.15, -0.1) is 0 Å². The normalized spacial score (nSPS) is 11.4. The van der Waals surface area contributed by atoms with Crippen molar-refractivity contribution in [3.63, 3.8) is 0 Å². The molecule has 116 valence electrons. The first-order chi connectivity index (χ1) is 10.6. The van der Waals surface area contributed by atoms with Gasteiger partial charge in [0.25, 0.3) is 0 Å². The molecule has 0 aromatic heterocycles. The van der Waals surface area contributed by atoms with Crippen molar-refractivity contribution in [3.05, 3.63) is 54.1 Å². The quantitative estimate of drug-likeness (QED) is 0.822. The maximum Gasteiger partial charge on any atom is 0.171 e. The molecule has 5 heteroatoms. The van der Waals surface area contributed by atoms with Gasteiger partial charge in [0.1, 0.15) is 11.5 Å². The Morgan fingerprint density at radius 3 is 2.41 bits per heavy atom. The molecule has 0 fully saturated rings. The molecule has 0 aliphatic carbocycles. The van der Waals surface area contributed by atoms with Crippen LogP contribution in [0, 0.1) is 0 Å². The Balaban J connectivity index is 2.08. The number of rotatable bonds is 5. The molecule has 2 N–H and O–H groups in total. The highest BCUT2D eigenvalue weighted by Gasteiger charge is 2.13. The molecular formula is C17H20N2O2S. The third kappa shape index (κ3) is 4.11. The van der Waals surface area contributed by atoms with Crippen molar-refractivity contribution >= 4 is 23.0 Å². The Hall–Kier alpha value is -2.27. The largest absolute Gasteiger partial charge is 0.497 e. The lowest BCUT2D eigenvalue weighted by Gasteiger charge is -2.20. The van der Waals surface area contributed by atoms with Gasteiger partial charge in [0.2, 0.25) is 0 Å². The highest BCUT2D eigenvalue weighted by Crippen LogP contribution is 2.29. The standard InChI is InChI=1S/C17H20N2O2S/c1-12(15-11-14(20-2)9-10-16(15)21-3)18-17(22)19-13-7-5-4-6-8-13/h4-12H,1-3H3,(H2,18,19,22). The third-order valence-electron chi connectivity index (χ3n) is 3.28. The van der Waals surface area contributed by atoms with Gasteiger partial charge in [-0.25, -0.2) is 0 Å². The number of benzene rings is 2. The van der Waals surface area contributed by atoms with E-state index in [0.717, 1.165) is 22.7 Å². The lowest BCUT2D eigenvalue weighted by molar-refractivity contribution is 0.395. The highest BCUT2D eigenvalue weighted by molar-refractivity contribution is 7.80. The van der Waals surface area contributed by atoms with Crippen LogP contribution in [-0.4, -0.2) is 19.3 Å². The van der Waals surface area contributed by atoms with E-state index in [1.54, 1.807) is 14.2 Å². The summed E-state index contributed by atoms with van der Waals surface area (Å²) < 4.78 is 10.7. The van der Waals surface area contributed by atoms with Gasteiger partial charge in [0.15, 0.2) is 5.11 Å². The van der Waals surface area contributed by atoms with E-state index in [1.807, 2.05) is 55.5 Å². The van der Waals surface area contributed by atoms with Crippen molar-refractivity contribution in [1.29, 1.82) is 0 Å². The van der Waals surface area contributed by atoms with E-state index < -0.39 is 0 Å². The van der Waals surface area contributed by atoms with Gasteiger partial charge in [-0.3, -0.25) is 0 Å². The van der Waals surface area contributed by atoms with Crippen LogP contribution in [-0.2, 0) is 0 Å². The minimum atomic E-state index is -0.0197. The van der Waals surface area contributed by atoms with Crippen molar-refractivity contribution in [2.24, 2.45) is 0 Å². The number of ether oxygens (including phenoxy) is 2. The predicted molar refractivity (Wildman–Crippen MR) is 93.8 cm³/mol. The molecule has 0 aliphatic heterocycles. The Kier molecular flexibility index (Phi) is 5.61. The summed E-state index contributed by atoms with van der Waals surface area (Å²) in [6, 6.07) is 15.5. The van der Waals surface area contributed by atoms with Gasteiger partial charge in [-0.1, -0.05) is 18.2 Å². The van der Waals surface area contributed by atoms with E-state index in [2.05, 4.69) is 10.6 Å². The Labute approximate surface area is 136 Å². The topological polar surface area (TPSA) is 42.5 Å². The monoisotopic (exact) mass is 316 g/mol. The molecule has 22 heavy (non-hydrogen) atoms. The predicted octanol–water partition coefficient (Wildman–Crippen LogP) is 3.75. The van der Waals surface area contributed by atoms with Crippen LogP contribution >= 0.6 is 12.2 Å². The van der Waals surface area contributed by atoms with Crippen LogP contribution in [0.5, 0.6) is 11.5 Å². The summed E-state index contributed by atoms with van der Waals surface area (Å²) in [5.41, 5.74) is 1.93. The lowest BCUT2D eigenvalue weighted by atomic mass is 10.1. The van der Waals surface area contributed by atoms with E-state index in [9.17, 15) is 0 Å². The Morgan fingerprint density at radius 1 is 1.05 bits per heavy atom. The SMILES string of the molecule is COc1ccc(OC)c(C(C)NC(=S)Nc2ccccc2)c1. The number of nitrogens with one attached hydrogen (secondary N) is 2. The van der Waals surface area contributed by atoms with Gasteiger partial charge < -0.3 is 20.1 Å². The molecule has 4 nitrogen and oxygen atoms in total. The zero-order chi connectivity index (χ0) is 15.9. The van der Waals surface area contributed by atoms with Crippen molar-refractivity contribution in [2.75, 3.05) is 19.5 Å². The molecule has 0 aliphatic rings. The fourth-order valence-electron chi connectivity index (χ4n) is 2.14. The molecule has 0 heterocycles. The summed E-state index contributed by atoms with van der Waals surface area (Å²) in [6.07, 6.45) is 0. The summed E-state index contributed by atoms with van der Waals surface area (Å²) in [5, 5.41) is 6.97. The molecule has 2 rings (SSSR count). The lowest BCUT2D eigenvalue weighted by Crippen LogP contribution is -2.31. The molecular weight excluding hydrogens is 296 g/mol. The first-order valence-electron chi connectivity index (χ1n) is 6.98. The smallest absolute Gasteiger partial charge is 0.171 e. The van der Waals surface area contributed by atoms with Crippen LogP contribution < -0.4 is 20.1 Å². The van der Waals surface area contributed by atoms with Crippen LogP contribution in [0.4, 0.5) is 5.69 Å². The molecule has 0 spiro atoms. The maximum absolute atomic E-state index is 5.41. The maximum atomic E-state index is 5.41. The Morgan fingerprint density at radius 2 is 1.77 bits per heavy atom.